The number of fused-ring (bicyclic) bond motifs is 4. The molecule has 226 valence electrons. The van der Waals surface area contributed by atoms with Crippen LogP contribution in [0.25, 0.3) is 64.3 Å². The first-order chi connectivity index (χ1) is 23.8. The molecule has 0 fully saturated rings. The topological polar surface area (TPSA) is 3.24 Å². The molecular weight excluding hydrogens is 599 g/mol. The van der Waals surface area contributed by atoms with Gasteiger partial charge in [0.15, 0.2) is 0 Å². The molecule has 0 N–H and O–H groups in total. The van der Waals surface area contributed by atoms with Gasteiger partial charge in [-0.3, -0.25) is 0 Å². The van der Waals surface area contributed by atoms with Crippen molar-refractivity contribution >= 4 is 59.3 Å². The van der Waals surface area contributed by atoms with E-state index in [9.17, 15) is 0 Å². The summed E-state index contributed by atoms with van der Waals surface area (Å²) in [6.45, 7) is 0. The van der Waals surface area contributed by atoms with Crippen LogP contribution >= 0.6 is 11.3 Å². The summed E-state index contributed by atoms with van der Waals surface area (Å²) in [5, 5.41) is 5.15. The van der Waals surface area contributed by atoms with Crippen molar-refractivity contribution < 1.29 is 0 Å². The first kappa shape index (κ1) is 28.3. The maximum atomic E-state index is 2.41. The summed E-state index contributed by atoms with van der Waals surface area (Å²) in [4.78, 5) is 2.41. The van der Waals surface area contributed by atoms with Gasteiger partial charge in [-0.1, -0.05) is 146 Å². The Morgan fingerprint density at radius 2 is 0.979 bits per heavy atom. The molecule has 0 amide bonds. The summed E-state index contributed by atoms with van der Waals surface area (Å²) in [5.41, 5.74) is 10.6. The van der Waals surface area contributed by atoms with Crippen LogP contribution in [-0.4, -0.2) is 0 Å². The fraction of sp³-hybridized carbons (Fsp3) is 0. The molecule has 0 atom stereocenters. The molecule has 0 saturated carbocycles. The van der Waals surface area contributed by atoms with Crippen molar-refractivity contribution in [1.82, 2.24) is 0 Å². The van der Waals surface area contributed by atoms with E-state index in [1.807, 2.05) is 11.3 Å². The van der Waals surface area contributed by atoms with E-state index in [2.05, 4.69) is 193 Å². The molecule has 9 rings (SSSR count). The van der Waals surface area contributed by atoms with Crippen LogP contribution in [-0.2, 0) is 0 Å². The Labute approximate surface area is 284 Å². The smallest absolute Gasteiger partial charge is 0.0540 e. The monoisotopic (exact) mass is 629 g/mol. The maximum absolute atomic E-state index is 2.41. The Bertz CT molecular complexity index is 2560. The van der Waals surface area contributed by atoms with E-state index in [4.69, 9.17) is 0 Å². The van der Waals surface area contributed by atoms with E-state index >= 15 is 0 Å². The minimum Gasteiger partial charge on any atom is -0.310 e. The van der Waals surface area contributed by atoms with Gasteiger partial charge in [-0.05, 0) is 81.1 Å². The van der Waals surface area contributed by atoms with Crippen molar-refractivity contribution in [2.75, 3.05) is 4.90 Å². The van der Waals surface area contributed by atoms with Gasteiger partial charge < -0.3 is 4.90 Å². The molecule has 1 aromatic heterocycles. The highest BCUT2D eigenvalue weighted by molar-refractivity contribution is 7.25. The molecule has 0 unspecified atom stereocenters. The largest absolute Gasteiger partial charge is 0.310 e. The minimum atomic E-state index is 1.11. The average molecular weight is 630 g/mol. The molecule has 1 heterocycles. The van der Waals surface area contributed by atoms with Crippen LogP contribution in [0.3, 0.4) is 0 Å². The first-order valence-corrected chi connectivity index (χ1v) is 17.2. The van der Waals surface area contributed by atoms with E-state index in [1.165, 1.54) is 64.3 Å². The lowest BCUT2D eigenvalue weighted by atomic mass is 9.97. The van der Waals surface area contributed by atoms with Crippen LogP contribution in [0.5, 0.6) is 0 Å². The van der Waals surface area contributed by atoms with Crippen molar-refractivity contribution in [3.8, 4) is 33.4 Å². The van der Waals surface area contributed by atoms with Crippen LogP contribution in [0.15, 0.2) is 188 Å². The molecule has 0 bridgehead atoms. The van der Waals surface area contributed by atoms with Gasteiger partial charge in [0.1, 0.15) is 0 Å². The zero-order valence-electron chi connectivity index (χ0n) is 26.3. The summed E-state index contributed by atoms with van der Waals surface area (Å²) < 4.78 is 2.63. The SMILES string of the molecule is c1ccc(-c2cccc(N(c3ccc(-c4cccc5ccccc45)cc3)c3ccccc3-c3ccc4c(c3)sc3ccccc34)c2)cc1. The Balaban J connectivity index is 1.21. The molecule has 48 heavy (non-hydrogen) atoms. The number of nitrogens with zero attached hydrogens (tertiary/aromatic N) is 1. The number of benzene rings is 8. The third-order valence-electron chi connectivity index (χ3n) is 9.27. The molecule has 8 aromatic carbocycles. The molecule has 0 radical (unpaired) electrons. The number of thiophene rings is 1. The van der Waals surface area contributed by atoms with Gasteiger partial charge >= 0.3 is 0 Å². The van der Waals surface area contributed by atoms with Gasteiger partial charge in [0.2, 0.25) is 0 Å². The van der Waals surface area contributed by atoms with Gasteiger partial charge in [-0.25, -0.2) is 0 Å². The number of hydrogen-bond donors (Lipinski definition) is 0. The van der Waals surface area contributed by atoms with Crippen molar-refractivity contribution in [2.24, 2.45) is 0 Å². The molecule has 1 nitrogen and oxygen atoms in total. The average Bonchev–Trinajstić information content (AvgIpc) is 3.54. The second kappa shape index (κ2) is 12.0. The van der Waals surface area contributed by atoms with Crippen LogP contribution in [0.1, 0.15) is 0 Å². The summed E-state index contributed by atoms with van der Waals surface area (Å²) in [5.74, 6) is 0. The van der Waals surface area contributed by atoms with E-state index in [-0.39, 0.29) is 0 Å². The van der Waals surface area contributed by atoms with Crippen molar-refractivity contribution in [3.63, 3.8) is 0 Å². The number of anilines is 3. The van der Waals surface area contributed by atoms with Crippen molar-refractivity contribution in [1.29, 1.82) is 0 Å². The zero-order valence-corrected chi connectivity index (χ0v) is 27.1. The third kappa shape index (κ3) is 5.04. The summed E-state index contributed by atoms with van der Waals surface area (Å²) >= 11 is 1.86. The molecule has 2 heteroatoms. The Morgan fingerprint density at radius 3 is 1.88 bits per heavy atom. The van der Waals surface area contributed by atoms with E-state index in [0.717, 1.165) is 17.1 Å². The zero-order chi connectivity index (χ0) is 31.9. The predicted octanol–water partition coefficient (Wildman–Crippen LogP) is 13.7. The molecule has 0 aliphatic rings. The lowest BCUT2D eigenvalue weighted by Gasteiger charge is -2.28. The molecule has 0 saturated heterocycles. The van der Waals surface area contributed by atoms with E-state index in [0.29, 0.717) is 0 Å². The Kier molecular flexibility index (Phi) is 7.07. The van der Waals surface area contributed by atoms with Gasteiger partial charge in [-0.15, -0.1) is 11.3 Å². The molecule has 0 aliphatic heterocycles. The van der Waals surface area contributed by atoms with E-state index in [1.54, 1.807) is 0 Å². The number of hydrogen-bond acceptors (Lipinski definition) is 2. The number of para-hydroxylation sites is 1. The quantitative estimate of drug-likeness (QED) is 0.177. The Hall–Kier alpha value is -5.96. The highest BCUT2D eigenvalue weighted by Crippen LogP contribution is 2.44. The van der Waals surface area contributed by atoms with Crippen molar-refractivity contribution in [3.05, 3.63) is 188 Å². The highest BCUT2D eigenvalue weighted by Gasteiger charge is 2.19. The standard InChI is InChI=1S/C46H31NS/c1-2-12-32(13-3-1)35-16-10-17-38(30-35)47(37-27-24-34(25-28-37)40-21-11-15-33-14-4-5-18-39(33)40)44-22-8-6-19-41(44)36-26-29-43-42-20-7-9-23-45(42)48-46(43)31-36/h1-31H. The second-order valence-electron chi connectivity index (χ2n) is 12.2. The summed E-state index contributed by atoms with van der Waals surface area (Å²) in [7, 11) is 0. The lowest BCUT2D eigenvalue weighted by molar-refractivity contribution is 1.28. The van der Waals surface area contributed by atoms with Gasteiger partial charge in [0.05, 0.1) is 5.69 Å². The fourth-order valence-corrected chi connectivity index (χ4v) is 8.10. The summed E-state index contributed by atoms with van der Waals surface area (Å²) in [6, 6.07) is 68.2. The first-order valence-electron chi connectivity index (χ1n) is 16.3. The molecular formula is C46H31NS. The van der Waals surface area contributed by atoms with Gasteiger partial charge in [-0.2, -0.15) is 0 Å². The lowest BCUT2D eigenvalue weighted by Crippen LogP contribution is -2.11. The predicted molar refractivity (Wildman–Crippen MR) is 208 cm³/mol. The minimum absolute atomic E-state index is 1.11. The van der Waals surface area contributed by atoms with Crippen LogP contribution in [0.4, 0.5) is 17.1 Å². The summed E-state index contributed by atoms with van der Waals surface area (Å²) in [6.07, 6.45) is 0. The third-order valence-corrected chi connectivity index (χ3v) is 10.4. The molecule has 0 aliphatic carbocycles. The Morgan fingerprint density at radius 1 is 0.333 bits per heavy atom. The van der Waals surface area contributed by atoms with Crippen LogP contribution < -0.4 is 4.90 Å². The van der Waals surface area contributed by atoms with Crippen LogP contribution in [0.2, 0.25) is 0 Å². The van der Waals surface area contributed by atoms with Crippen molar-refractivity contribution in [2.45, 2.75) is 0 Å². The second-order valence-corrected chi connectivity index (χ2v) is 13.2. The fourth-order valence-electron chi connectivity index (χ4n) is 6.96. The maximum Gasteiger partial charge on any atom is 0.0540 e. The van der Waals surface area contributed by atoms with Gasteiger partial charge in [0, 0.05) is 37.1 Å². The number of rotatable bonds is 6. The molecule has 0 spiro atoms. The van der Waals surface area contributed by atoms with Crippen LogP contribution in [0, 0.1) is 0 Å². The highest BCUT2D eigenvalue weighted by atomic mass is 32.1. The van der Waals surface area contributed by atoms with E-state index < -0.39 is 0 Å². The normalized spacial score (nSPS) is 11.3. The molecule has 9 aromatic rings. The van der Waals surface area contributed by atoms with Gasteiger partial charge in [0.25, 0.3) is 0 Å².